The number of halogens is 1. The Kier molecular flexibility index (Phi) is 1.57. The van der Waals surface area contributed by atoms with Crippen molar-refractivity contribution in [2.75, 3.05) is 0 Å². The van der Waals surface area contributed by atoms with Crippen LogP contribution in [0.25, 0.3) is 5.65 Å². The van der Waals surface area contributed by atoms with Crippen LogP contribution in [0.2, 0.25) is 0 Å². The molecule has 0 aliphatic rings. The summed E-state index contributed by atoms with van der Waals surface area (Å²) in [7, 11) is 0. The van der Waals surface area contributed by atoms with Crippen LogP contribution < -0.4 is 0 Å². The fourth-order valence-electron chi connectivity index (χ4n) is 1.20. The molecule has 0 aromatic carbocycles. The maximum atomic E-state index is 13.1. The quantitative estimate of drug-likeness (QED) is 0.589. The molecule has 0 amide bonds. The second-order valence-electron chi connectivity index (χ2n) is 2.66. The van der Waals surface area contributed by atoms with E-state index in [4.69, 9.17) is 0 Å². The molecule has 2 heterocycles. The second kappa shape index (κ2) is 2.59. The monoisotopic (exact) mass is 164 g/mol. The van der Waals surface area contributed by atoms with Crippen LogP contribution in [-0.4, -0.2) is 9.38 Å². The average Bonchev–Trinajstić information content (AvgIpc) is 2.49. The molecule has 2 aromatic heterocycles. The summed E-state index contributed by atoms with van der Waals surface area (Å²) in [5.41, 5.74) is 1.59. The van der Waals surface area contributed by atoms with Gasteiger partial charge in [0.05, 0.1) is 5.69 Å². The van der Waals surface area contributed by atoms with E-state index in [1.807, 2.05) is 6.92 Å². The van der Waals surface area contributed by atoms with Gasteiger partial charge in [-0.1, -0.05) is 13.0 Å². The number of hydrogen-bond acceptors (Lipinski definition) is 1. The van der Waals surface area contributed by atoms with Gasteiger partial charge < -0.3 is 0 Å². The summed E-state index contributed by atoms with van der Waals surface area (Å²) in [6.07, 6.45) is 2.56. The molecule has 0 fully saturated rings. The summed E-state index contributed by atoms with van der Waals surface area (Å²) in [5, 5.41) is 0. The molecule has 12 heavy (non-hydrogen) atoms. The van der Waals surface area contributed by atoms with E-state index in [1.165, 1.54) is 10.5 Å². The van der Waals surface area contributed by atoms with Crippen LogP contribution >= 0.6 is 0 Å². The molecular weight excluding hydrogens is 155 g/mol. The van der Waals surface area contributed by atoms with Crippen LogP contribution in [-0.2, 0) is 6.42 Å². The first kappa shape index (κ1) is 7.28. The van der Waals surface area contributed by atoms with E-state index in [0.717, 1.165) is 12.1 Å². The molecular formula is C9H9FN2. The van der Waals surface area contributed by atoms with E-state index >= 15 is 0 Å². The van der Waals surface area contributed by atoms with Crippen molar-refractivity contribution in [2.24, 2.45) is 0 Å². The third kappa shape index (κ3) is 0.978. The molecule has 0 aliphatic heterocycles. The minimum absolute atomic E-state index is 0.264. The van der Waals surface area contributed by atoms with Crippen molar-refractivity contribution in [3.63, 3.8) is 0 Å². The molecule has 0 bridgehead atoms. The minimum atomic E-state index is -0.264. The zero-order valence-corrected chi connectivity index (χ0v) is 6.79. The van der Waals surface area contributed by atoms with Crippen LogP contribution in [0.1, 0.15) is 12.6 Å². The molecule has 0 spiro atoms. The van der Waals surface area contributed by atoms with Crippen molar-refractivity contribution in [1.29, 1.82) is 0 Å². The lowest BCUT2D eigenvalue weighted by Gasteiger charge is -1.91. The molecule has 0 N–H and O–H groups in total. The highest BCUT2D eigenvalue weighted by Gasteiger charge is 2.01. The molecule has 0 radical (unpaired) electrons. The molecule has 2 nitrogen and oxygen atoms in total. The second-order valence-corrected chi connectivity index (χ2v) is 2.66. The van der Waals surface area contributed by atoms with Crippen molar-refractivity contribution in [3.8, 4) is 0 Å². The SMILES string of the molecule is CCc1cn2c(F)cccc2n1. The maximum Gasteiger partial charge on any atom is 0.199 e. The van der Waals surface area contributed by atoms with Crippen molar-refractivity contribution >= 4 is 5.65 Å². The van der Waals surface area contributed by atoms with E-state index in [-0.39, 0.29) is 5.95 Å². The van der Waals surface area contributed by atoms with Gasteiger partial charge in [0.25, 0.3) is 0 Å². The molecule has 3 heteroatoms. The predicted octanol–water partition coefficient (Wildman–Crippen LogP) is 2.04. The number of fused-ring (bicyclic) bond motifs is 1. The first-order valence-corrected chi connectivity index (χ1v) is 3.93. The fraction of sp³-hybridized carbons (Fsp3) is 0.222. The average molecular weight is 164 g/mol. The first-order chi connectivity index (χ1) is 5.81. The zero-order valence-electron chi connectivity index (χ0n) is 6.79. The van der Waals surface area contributed by atoms with Crippen LogP contribution in [0.15, 0.2) is 24.4 Å². The van der Waals surface area contributed by atoms with E-state index in [9.17, 15) is 4.39 Å². The molecule has 0 saturated heterocycles. The highest BCUT2D eigenvalue weighted by molar-refractivity contribution is 5.39. The summed E-state index contributed by atoms with van der Waals surface area (Å²) in [6, 6.07) is 4.88. The largest absolute Gasteiger partial charge is 0.276 e. The summed E-state index contributed by atoms with van der Waals surface area (Å²) in [6.45, 7) is 2.00. The highest BCUT2D eigenvalue weighted by Crippen LogP contribution is 2.07. The third-order valence-electron chi connectivity index (χ3n) is 1.85. The Morgan fingerprint density at radius 3 is 3.00 bits per heavy atom. The van der Waals surface area contributed by atoms with Gasteiger partial charge in [-0.25, -0.2) is 4.98 Å². The number of rotatable bonds is 1. The normalized spacial score (nSPS) is 10.8. The lowest BCUT2D eigenvalue weighted by molar-refractivity contribution is 0.567. The van der Waals surface area contributed by atoms with Gasteiger partial charge in [-0.3, -0.25) is 4.40 Å². The van der Waals surface area contributed by atoms with Crippen LogP contribution in [0.4, 0.5) is 4.39 Å². The molecule has 62 valence electrons. The Hall–Kier alpha value is -1.38. The highest BCUT2D eigenvalue weighted by atomic mass is 19.1. The van der Waals surface area contributed by atoms with E-state index in [0.29, 0.717) is 5.65 Å². The van der Waals surface area contributed by atoms with Crippen LogP contribution in [0.5, 0.6) is 0 Å². The summed E-state index contributed by atoms with van der Waals surface area (Å²) < 4.78 is 14.5. The van der Waals surface area contributed by atoms with Crippen LogP contribution in [0, 0.1) is 5.95 Å². The number of pyridine rings is 1. The molecule has 0 unspecified atom stereocenters. The molecule has 2 aromatic rings. The van der Waals surface area contributed by atoms with Crippen LogP contribution in [0.3, 0.4) is 0 Å². The Morgan fingerprint density at radius 2 is 2.33 bits per heavy atom. The van der Waals surface area contributed by atoms with Gasteiger partial charge in [0, 0.05) is 6.20 Å². The minimum Gasteiger partial charge on any atom is -0.276 e. The number of imidazole rings is 1. The van der Waals surface area contributed by atoms with Gasteiger partial charge >= 0.3 is 0 Å². The standard InChI is InChI=1S/C9H9FN2/c1-2-7-6-12-8(10)4-3-5-9(12)11-7/h3-6H,2H2,1H3. The van der Waals surface area contributed by atoms with Crippen molar-refractivity contribution < 1.29 is 4.39 Å². The number of hydrogen-bond donors (Lipinski definition) is 0. The Labute approximate surface area is 69.7 Å². The van der Waals surface area contributed by atoms with Gasteiger partial charge in [0.15, 0.2) is 5.95 Å². The van der Waals surface area contributed by atoms with Crippen molar-refractivity contribution in [3.05, 3.63) is 36.0 Å². The van der Waals surface area contributed by atoms with Gasteiger partial charge in [0.1, 0.15) is 5.65 Å². The summed E-state index contributed by atoms with van der Waals surface area (Å²) in [4.78, 5) is 4.22. The van der Waals surface area contributed by atoms with Gasteiger partial charge in [-0.15, -0.1) is 0 Å². The van der Waals surface area contributed by atoms with Crippen molar-refractivity contribution in [1.82, 2.24) is 9.38 Å². The molecule has 0 atom stereocenters. The topological polar surface area (TPSA) is 17.3 Å². The predicted molar refractivity (Wildman–Crippen MR) is 44.5 cm³/mol. The first-order valence-electron chi connectivity index (χ1n) is 3.93. The van der Waals surface area contributed by atoms with E-state index in [2.05, 4.69) is 4.98 Å². The van der Waals surface area contributed by atoms with Crippen molar-refractivity contribution in [2.45, 2.75) is 13.3 Å². The van der Waals surface area contributed by atoms with Gasteiger partial charge in [-0.05, 0) is 18.6 Å². The summed E-state index contributed by atoms with van der Waals surface area (Å²) in [5.74, 6) is -0.264. The van der Waals surface area contributed by atoms with E-state index < -0.39 is 0 Å². The summed E-state index contributed by atoms with van der Waals surface area (Å²) >= 11 is 0. The molecule has 0 aliphatic carbocycles. The number of nitrogens with zero attached hydrogens (tertiary/aromatic N) is 2. The lowest BCUT2D eigenvalue weighted by atomic mass is 10.4. The molecule has 2 rings (SSSR count). The Morgan fingerprint density at radius 1 is 1.50 bits per heavy atom. The molecule has 0 saturated carbocycles. The van der Waals surface area contributed by atoms with E-state index in [1.54, 1.807) is 18.3 Å². The fourth-order valence-corrected chi connectivity index (χ4v) is 1.20. The maximum absolute atomic E-state index is 13.1. The lowest BCUT2D eigenvalue weighted by Crippen LogP contribution is -1.88. The zero-order chi connectivity index (χ0) is 8.55. The number of aromatic nitrogens is 2. The number of aryl methyl sites for hydroxylation is 1. The third-order valence-corrected chi connectivity index (χ3v) is 1.85. The Balaban J connectivity index is 2.74. The van der Waals surface area contributed by atoms with Gasteiger partial charge in [-0.2, -0.15) is 4.39 Å². The van der Waals surface area contributed by atoms with Gasteiger partial charge in [0.2, 0.25) is 0 Å². The Bertz CT molecular complexity index is 406. The smallest absolute Gasteiger partial charge is 0.199 e.